The highest BCUT2D eigenvalue weighted by Gasteiger charge is 2.16. The second-order valence-corrected chi connectivity index (χ2v) is 13.2. The van der Waals surface area contributed by atoms with Crippen molar-refractivity contribution < 1.29 is 8.83 Å². The van der Waals surface area contributed by atoms with Gasteiger partial charge in [0.2, 0.25) is 5.89 Å². The summed E-state index contributed by atoms with van der Waals surface area (Å²) in [5.74, 6) is 0.607. The first kappa shape index (κ1) is 30.6. The third-order valence-electron chi connectivity index (χ3n) is 9.92. The average molecular weight is 681 g/mol. The van der Waals surface area contributed by atoms with E-state index < -0.39 is 0 Å². The Bertz CT molecular complexity index is 2860. The molecule has 0 amide bonds. The molecule has 2 aromatic heterocycles. The van der Waals surface area contributed by atoms with Gasteiger partial charge in [0, 0.05) is 39.5 Å². The number of hydrogen-bond acceptors (Lipinski definition) is 4. The summed E-state index contributed by atoms with van der Waals surface area (Å²) in [7, 11) is 0. The molecule has 0 spiro atoms. The van der Waals surface area contributed by atoms with Crippen LogP contribution in [-0.2, 0) is 0 Å². The van der Waals surface area contributed by atoms with E-state index in [0.29, 0.717) is 11.5 Å². The molecule has 250 valence electrons. The van der Waals surface area contributed by atoms with Crippen molar-refractivity contribution in [2.75, 3.05) is 4.90 Å². The van der Waals surface area contributed by atoms with Gasteiger partial charge in [0.1, 0.15) is 16.7 Å². The average Bonchev–Trinajstić information content (AvgIpc) is 3.82. The molecule has 0 bridgehead atoms. The molecule has 0 fully saturated rings. The van der Waals surface area contributed by atoms with Gasteiger partial charge in [-0.05, 0) is 100 Å². The number of anilines is 3. The maximum Gasteiger partial charge on any atom is 0.227 e. The first-order valence-electron chi connectivity index (χ1n) is 17.8. The molecule has 0 aliphatic rings. The highest BCUT2D eigenvalue weighted by molar-refractivity contribution is 6.09. The Morgan fingerprint density at radius 2 is 0.849 bits per heavy atom. The van der Waals surface area contributed by atoms with Crippen molar-refractivity contribution in [1.29, 1.82) is 0 Å². The molecule has 0 saturated heterocycles. The molecule has 0 aliphatic carbocycles. The Labute approximate surface area is 306 Å². The van der Waals surface area contributed by atoms with E-state index in [-0.39, 0.29) is 0 Å². The predicted molar refractivity (Wildman–Crippen MR) is 218 cm³/mol. The van der Waals surface area contributed by atoms with Crippen molar-refractivity contribution in [3.8, 4) is 44.8 Å². The van der Waals surface area contributed by atoms with Crippen LogP contribution in [0.1, 0.15) is 0 Å². The van der Waals surface area contributed by atoms with Crippen molar-refractivity contribution >= 4 is 50.1 Å². The SMILES string of the molecule is c1ccc(-c2nc3cc4c(cc3o2)oc2cc(-c3ccc(N(c5ccccc5)c5ccc(-c6ccccc6-c6ccccc6)cc5)cc3)ccc24)cc1. The second-order valence-electron chi connectivity index (χ2n) is 13.2. The highest BCUT2D eigenvalue weighted by atomic mass is 16.4. The number of rotatable bonds is 7. The third kappa shape index (κ3) is 5.63. The molecule has 0 saturated carbocycles. The summed E-state index contributed by atoms with van der Waals surface area (Å²) in [4.78, 5) is 7.07. The third-order valence-corrected chi connectivity index (χ3v) is 9.92. The topological polar surface area (TPSA) is 42.4 Å². The van der Waals surface area contributed by atoms with Crippen LogP contribution < -0.4 is 4.90 Å². The quantitative estimate of drug-likeness (QED) is 0.168. The summed E-state index contributed by atoms with van der Waals surface area (Å²) in [6, 6.07) is 67.7. The van der Waals surface area contributed by atoms with E-state index >= 15 is 0 Å². The lowest BCUT2D eigenvalue weighted by Crippen LogP contribution is -2.09. The molecular formula is C49H32N2O2. The van der Waals surface area contributed by atoms with Gasteiger partial charge in [0.15, 0.2) is 5.58 Å². The van der Waals surface area contributed by atoms with Gasteiger partial charge in [-0.2, -0.15) is 0 Å². The molecular weight excluding hydrogens is 649 g/mol. The van der Waals surface area contributed by atoms with E-state index in [1.54, 1.807) is 0 Å². The van der Waals surface area contributed by atoms with Crippen LogP contribution in [0.4, 0.5) is 17.1 Å². The van der Waals surface area contributed by atoms with Crippen LogP contribution in [0.5, 0.6) is 0 Å². The molecule has 0 radical (unpaired) electrons. The Balaban J connectivity index is 0.966. The van der Waals surface area contributed by atoms with E-state index in [0.717, 1.165) is 61.2 Å². The van der Waals surface area contributed by atoms with Crippen LogP contribution in [0.15, 0.2) is 203 Å². The maximum absolute atomic E-state index is 6.39. The van der Waals surface area contributed by atoms with Crippen LogP contribution >= 0.6 is 0 Å². The van der Waals surface area contributed by atoms with Crippen LogP contribution in [0, 0.1) is 0 Å². The van der Waals surface area contributed by atoms with Crippen LogP contribution in [0.25, 0.3) is 77.9 Å². The van der Waals surface area contributed by atoms with Crippen LogP contribution in [0.3, 0.4) is 0 Å². The standard InChI is InChI=1S/C49H32N2O2/c1-4-12-34(13-5-1)41-18-10-11-19-42(41)35-22-27-40(28-23-35)51(38-16-8-3-9-17-38)39-25-20-33(21-26-39)37-24-29-43-44-31-45-48(32-47(44)52-46(43)30-37)53-49(50-45)36-14-6-2-7-15-36/h1-32H. The molecule has 10 rings (SSSR count). The molecule has 4 heteroatoms. The van der Waals surface area contributed by atoms with Crippen LogP contribution in [-0.4, -0.2) is 4.98 Å². The number of benzene rings is 8. The summed E-state index contributed by atoms with van der Waals surface area (Å²) in [6.45, 7) is 0. The molecule has 0 N–H and O–H groups in total. The lowest BCUT2D eigenvalue weighted by Gasteiger charge is -2.26. The van der Waals surface area contributed by atoms with Gasteiger partial charge in [-0.15, -0.1) is 0 Å². The van der Waals surface area contributed by atoms with Crippen molar-refractivity contribution in [2.45, 2.75) is 0 Å². The summed E-state index contributed by atoms with van der Waals surface area (Å²) in [5.41, 5.74) is 14.4. The number of fused-ring (bicyclic) bond motifs is 4. The number of furan rings is 1. The fraction of sp³-hybridized carbons (Fsp3) is 0. The highest BCUT2D eigenvalue weighted by Crippen LogP contribution is 2.40. The molecule has 4 nitrogen and oxygen atoms in total. The van der Waals surface area contributed by atoms with E-state index in [9.17, 15) is 0 Å². The number of aromatic nitrogens is 1. The van der Waals surface area contributed by atoms with Gasteiger partial charge in [0.05, 0.1) is 0 Å². The Kier molecular flexibility index (Phi) is 7.43. The first-order valence-corrected chi connectivity index (χ1v) is 17.8. The van der Waals surface area contributed by atoms with Crippen molar-refractivity contribution in [3.63, 3.8) is 0 Å². The number of nitrogens with zero attached hydrogens (tertiary/aromatic N) is 2. The molecule has 10 aromatic rings. The zero-order chi connectivity index (χ0) is 35.1. The zero-order valence-corrected chi connectivity index (χ0v) is 28.7. The van der Waals surface area contributed by atoms with Crippen LogP contribution in [0.2, 0.25) is 0 Å². The molecule has 2 heterocycles. The van der Waals surface area contributed by atoms with E-state index in [1.807, 2.05) is 36.4 Å². The lowest BCUT2D eigenvalue weighted by molar-refractivity contribution is 0.617. The predicted octanol–water partition coefficient (Wildman–Crippen LogP) is 13.9. The van der Waals surface area contributed by atoms with E-state index in [2.05, 4.69) is 163 Å². The monoisotopic (exact) mass is 680 g/mol. The molecule has 0 unspecified atom stereocenters. The number of para-hydroxylation sites is 1. The number of hydrogen-bond donors (Lipinski definition) is 0. The zero-order valence-electron chi connectivity index (χ0n) is 28.7. The molecule has 53 heavy (non-hydrogen) atoms. The summed E-state index contributed by atoms with van der Waals surface area (Å²) in [6.07, 6.45) is 0. The fourth-order valence-corrected chi connectivity index (χ4v) is 7.30. The summed E-state index contributed by atoms with van der Waals surface area (Å²) >= 11 is 0. The molecule has 0 atom stereocenters. The van der Waals surface area contributed by atoms with Gasteiger partial charge >= 0.3 is 0 Å². The minimum absolute atomic E-state index is 0.607. The van der Waals surface area contributed by atoms with E-state index in [4.69, 9.17) is 13.8 Å². The fourth-order valence-electron chi connectivity index (χ4n) is 7.30. The molecule has 0 aliphatic heterocycles. The van der Waals surface area contributed by atoms with Gasteiger partial charge in [-0.25, -0.2) is 4.98 Å². The number of oxazole rings is 1. The Morgan fingerprint density at radius 3 is 1.51 bits per heavy atom. The Hall–Kier alpha value is -7.17. The van der Waals surface area contributed by atoms with Gasteiger partial charge in [0.25, 0.3) is 0 Å². The van der Waals surface area contributed by atoms with Crippen molar-refractivity contribution in [1.82, 2.24) is 4.98 Å². The Morgan fingerprint density at radius 1 is 0.340 bits per heavy atom. The van der Waals surface area contributed by atoms with Crippen molar-refractivity contribution in [2.24, 2.45) is 0 Å². The van der Waals surface area contributed by atoms with Crippen molar-refractivity contribution in [3.05, 3.63) is 194 Å². The second kappa shape index (κ2) is 12.9. The first-order chi connectivity index (χ1) is 26.2. The largest absolute Gasteiger partial charge is 0.456 e. The minimum atomic E-state index is 0.607. The summed E-state index contributed by atoms with van der Waals surface area (Å²) < 4.78 is 12.5. The smallest absolute Gasteiger partial charge is 0.227 e. The van der Waals surface area contributed by atoms with Gasteiger partial charge < -0.3 is 13.7 Å². The summed E-state index contributed by atoms with van der Waals surface area (Å²) in [5, 5.41) is 2.08. The van der Waals surface area contributed by atoms with Gasteiger partial charge in [-0.3, -0.25) is 0 Å². The van der Waals surface area contributed by atoms with Gasteiger partial charge in [-0.1, -0.05) is 121 Å². The molecule has 8 aromatic carbocycles. The maximum atomic E-state index is 6.39. The minimum Gasteiger partial charge on any atom is -0.456 e. The normalized spacial score (nSPS) is 11.4. The van der Waals surface area contributed by atoms with E-state index in [1.165, 1.54) is 22.3 Å². The lowest BCUT2D eigenvalue weighted by atomic mass is 9.94.